The van der Waals surface area contributed by atoms with E-state index in [1.54, 1.807) is 0 Å². The van der Waals surface area contributed by atoms with Gasteiger partial charge in [0.1, 0.15) is 0 Å². The molecule has 0 N–H and O–H groups in total. The third-order valence-corrected chi connectivity index (χ3v) is 3.80. The lowest BCUT2D eigenvalue weighted by atomic mass is 9.95. The van der Waals surface area contributed by atoms with Crippen LogP contribution in [0.4, 0.5) is 0 Å². The van der Waals surface area contributed by atoms with Crippen LogP contribution < -0.4 is 0 Å². The van der Waals surface area contributed by atoms with E-state index in [2.05, 4.69) is 71.9 Å². The summed E-state index contributed by atoms with van der Waals surface area (Å²) in [5.74, 6) is 0.608. The number of hydrogen-bond acceptors (Lipinski definition) is 0. The van der Waals surface area contributed by atoms with Gasteiger partial charge in [0.25, 0.3) is 0 Å². The van der Waals surface area contributed by atoms with Gasteiger partial charge in [0, 0.05) is 0 Å². The lowest BCUT2D eigenvalue weighted by Gasteiger charge is -2.10. The minimum Gasteiger partial charge on any atom is -0.0856 e. The van der Waals surface area contributed by atoms with Crippen LogP contribution in [-0.2, 0) is 6.42 Å². The fourth-order valence-electron chi connectivity index (χ4n) is 2.25. The molecule has 0 bridgehead atoms. The highest BCUT2D eigenvalue weighted by Gasteiger charge is 2.03. The number of benzene rings is 1. The maximum atomic E-state index is 2.39. The van der Waals surface area contributed by atoms with Crippen LogP contribution >= 0.6 is 0 Å². The van der Waals surface area contributed by atoms with E-state index in [9.17, 15) is 0 Å². The van der Waals surface area contributed by atoms with Crippen molar-refractivity contribution >= 4 is 0 Å². The second-order valence-corrected chi connectivity index (χ2v) is 6.42. The highest BCUT2D eigenvalue weighted by molar-refractivity contribution is 5.34. The summed E-state index contributed by atoms with van der Waals surface area (Å²) in [5, 5.41) is 0. The second kappa shape index (κ2) is 8.09. The molecule has 0 saturated heterocycles. The molecule has 0 heteroatoms. The van der Waals surface area contributed by atoms with Crippen molar-refractivity contribution in [1.82, 2.24) is 0 Å². The first-order valence-corrected chi connectivity index (χ1v) is 7.78. The zero-order valence-corrected chi connectivity index (χ0v) is 14.1. The van der Waals surface area contributed by atoms with Crippen LogP contribution in [0.1, 0.15) is 70.1 Å². The molecule has 0 aliphatic rings. The average molecular weight is 270 g/mol. The molecule has 1 aromatic rings. The molecule has 0 atom stereocenters. The standard InChI is InChI=1S/C20H30/c1-15(2)8-7-9-17(5)10-12-20-14-19(16(3)4)13-11-18(20)6/h8,10-11,13-14,16H,7,9,12H2,1-6H3/b17-10+. The van der Waals surface area contributed by atoms with Gasteiger partial charge in [0.05, 0.1) is 0 Å². The van der Waals surface area contributed by atoms with E-state index in [-0.39, 0.29) is 0 Å². The molecule has 0 spiro atoms. The Morgan fingerprint density at radius 2 is 1.80 bits per heavy atom. The van der Waals surface area contributed by atoms with Crippen LogP contribution in [0.2, 0.25) is 0 Å². The third kappa shape index (κ3) is 5.77. The summed E-state index contributed by atoms with van der Waals surface area (Å²) >= 11 is 0. The topological polar surface area (TPSA) is 0 Å². The van der Waals surface area contributed by atoms with Crippen molar-refractivity contribution in [2.24, 2.45) is 0 Å². The fourth-order valence-corrected chi connectivity index (χ4v) is 2.25. The molecule has 1 aromatic carbocycles. The minimum atomic E-state index is 0.608. The molecule has 0 aliphatic carbocycles. The predicted molar refractivity (Wildman–Crippen MR) is 91.4 cm³/mol. The summed E-state index contributed by atoms with van der Waals surface area (Å²) in [4.78, 5) is 0. The van der Waals surface area contributed by atoms with Gasteiger partial charge < -0.3 is 0 Å². The number of allylic oxidation sites excluding steroid dienone is 4. The smallest absolute Gasteiger partial charge is 0.00921 e. The maximum Gasteiger partial charge on any atom is -0.00921 e. The molecule has 20 heavy (non-hydrogen) atoms. The summed E-state index contributed by atoms with van der Waals surface area (Å²) in [6.45, 7) is 13.3. The van der Waals surface area contributed by atoms with Gasteiger partial charge in [-0.25, -0.2) is 0 Å². The lowest BCUT2D eigenvalue weighted by Crippen LogP contribution is -1.94. The monoisotopic (exact) mass is 270 g/mol. The van der Waals surface area contributed by atoms with Crippen molar-refractivity contribution in [3.8, 4) is 0 Å². The Bertz CT molecular complexity index is 483. The van der Waals surface area contributed by atoms with Gasteiger partial charge in [0.2, 0.25) is 0 Å². The van der Waals surface area contributed by atoms with Crippen molar-refractivity contribution in [1.29, 1.82) is 0 Å². The van der Waals surface area contributed by atoms with E-state index in [1.807, 2.05) is 0 Å². The van der Waals surface area contributed by atoms with Gasteiger partial charge in [-0.15, -0.1) is 0 Å². The molecular formula is C20H30. The number of rotatable bonds is 6. The predicted octanol–water partition coefficient (Wildman–Crippen LogP) is 6.35. The molecule has 110 valence electrons. The van der Waals surface area contributed by atoms with Crippen LogP contribution in [0.5, 0.6) is 0 Å². The average Bonchev–Trinajstić information content (AvgIpc) is 2.37. The third-order valence-electron chi connectivity index (χ3n) is 3.80. The summed E-state index contributed by atoms with van der Waals surface area (Å²) in [7, 11) is 0. The quantitative estimate of drug-likeness (QED) is 0.528. The first kappa shape index (κ1) is 16.8. The molecule has 1 rings (SSSR count). The zero-order chi connectivity index (χ0) is 15.1. The number of hydrogen-bond donors (Lipinski definition) is 0. The normalized spacial score (nSPS) is 11.8. The van der Waals surface area contributed by atoms with E-state index in [0.29, 0.717) is 5.92 Å². The summed E-state index contributed by atoms with van der Waals surface area (Å²) in [5.41, 5.74) is 7.23. The maximum absolute atomic E-state index is 2.39. The lowest BCUT2D eigenvalue weighted by molar-refractivity contribution is 0.862. The minimum absolute atomic E-state index is 0.608. The molecule has 0 aliphatic heterocycles. The Balaban J connectivity index is 2.68. The van der Waals surface area contributed by atoms with E-state index >= 15 is 0 Å². The SMILES string of the molecule is CC(C)=CCC/C(C)=C/Cc1cc(C(C)C)ccc1C. The van der Waals surface area contributed by atoms with Crippen molar-refractivity contribution in [2.45, 2.75) is 66.7 Å². The van der Waals surface area contributed by atoms with Crippen molar-refractivity contribution in [2.75, 3.05) is 0 Å². The van der Waals surface area contributed by atoms with E-state index in [4.69, 9.17) is 0 Å². The number of aryl methyl sites for hydroxylation is 1. The molecule has 0 nitrogen and oxygen atoms in total. The fraction of sp³-hybridized carbons (Fsp3) is 0.500. The van der Waals surface area contributed by atoms with Crippen LogP contribution in [-0.4, -0.2) is 0 Å². The van der Waals surface area contributed by atoms with Gasteiger partial charge in [-0.05, 0) is 69.6 Å². The molecule has 0 unspecified atom stereocenters. The molecule has 0 heterocycles. The Labute approximate surface area is 125 Å². The molecular weight excluding hydrogens is 240 g/mol. The molecule has 0 saturated carbocycles. The molecule has 0 amide bonds. The van der Waals surface area contributed by atoms with Crippen molar-refractivity contribution in [3.05, 3.63) is 58.2 Å². The zero-order valence-electron chi connectivity index (χ0n) is 14.1. The van der Waals surface area contributed by atoms with Gasteiger partial charge in [0.15, 0.2) is 0 Å². The summed E-state index contributed by atoms with van der Waals surface area (Å²) < 4.78 is 0. The Morgan fingerprint density at radius 1 is 1.10 bits per heavy atom. The van der Waals surface area contributed by atoms with Crippen LogP contribution in [0.3, 0.4) is 0 Å². The van der Waals surface area contributed by atoms with E-state index in [0.717, 1.165) is 12.8 Å². The van der Waals surface area contributed by atoms with Crippen LogP contribution in [0.25, 0.3) is 0 Å². The van der Waals surface area contributed by atoms with Gasteiger partial charge in [-0.3, -0.25) is 0 Å². The van der Waals surface area contributed by atoms with Gasteiger partial charge >= 0.3 is 0 Å². The Hall–Kier alpha value is -1.30. The van der Waals surface area contributed by atoms with Crippen molar-refractivity contribution < 1.29 is 0 Å². The van der Waals surface area contributed by atoms with Crippen LogP contribution in [0, 0.1) is 6.92 Å². The van der Waals surface area contributed by atoms with E-state index in [1.165, 1.54) is 34.3 Å². The highest BCUT2D eigenvalue weighted by atomic mass is 14.1. The van der Waals surface area contributed by atoms with Gasteiger partial charge in [-0.2, -0.15) is 0 Å². The molecule has 0 aromatic heterocycles. The van der Waals surface area contributed by atoms with Crippen LogP contribution in [0.15, 0.2) is 41.5 Å². The Morgan fingerprint density at radius 3 is 2.40 bits per heavy atom. The summed E-state index contributed by atoms with van der Waals surface area (Å²) in [6.07, 6.45) is 8.12. The summed E-state index contributed by atoms with van der Waals surface area (Å²) in [6, 6.07) is 6.89. The molecule has 0 radical (unpaired) electrons. The first-order chi connectivity index (χ1) is 9.40. The van der Waals surface area contributed by atoms with Gasteiger partial charge in [-0.1, -0.05) is 55.3 Å². The second-order valence-electron chi connectivity index (χ2n) is 6.42. The van der Waals surface area contributed by atoms with Crippen molar-refractivity contribution in [3.63, 3.8) is 0 Å². The van der Waals surface area contributed by atoms with E-state index < -0.39 is 0 Å². The first-order valence-electron chi connectivity index (χ1n) is 7.78. The largest absolute Gasteiger partial charge is 0.0856 e. The highest BCUT2D eigenvalue weighted by Crippen LogP contribution is 2.20. The molecule has 0 fully saturated rings. The Kier molecular flexibility index (Phi) is 6.78.